The maximum atomic E-state index is 13.3. The molecule has 4 aromatic rings. The van der Waals surface area contributed by atoms with Crippen molar-refractivity contribution in [2.75, 3.05) is 6.54 Å². The highest BCUT2D eigenvalue weighted by atomic mass is 19.4. The van der Waals surface area contributed by atoms with Crippen LogP contribution in [-0.4, -0.2) is 41.5 Å². The average molecular weight is 442 g/mol. The summed E-state index contributed by atoms with van der Waals surface area (Å²) < 4.78 is 44.2. The molecule has 0 unspecified atom stereocenters. The Labute approximate surface area is 181 Å². The lowest BCUT2D eigenvalue weighted by Gasteiger charge is -2.27. The molecule has 0 atom stereocenters. The molecule has 1 aliphatic heterocycles. The van der Waals surface area contributed by atoms with Crippen LogP contribution >= 0.6 is 0 Å². The number of amides is 1. The average Bonchev–Trinajstić information content (AvgIpc) is 3.41. The van der Waals surface area contributed by atoms with Gasteiger partial charge in [0.15, 0.2) is 5.69 Å². The third-order valence-electron chi connectivity index (χ3n) is 6.06. The second-order valence-corrected chi connectivity index (χ2v) is 8.08. The van der Waals surface area contributed by atoms with E-state index in [0.29, 0.717) is 42.2 Å². The Balaban J connectivity index is 1.48. The van der Waals surface area contributed by atoms with E-state index in [1.807, 2.05) is 42.1 Å². The fraction of sp³-hybridized carbons (Fsp3) is 0.318. The molecule has 0 radical (unpaired) electrons. The molecule has 4 heterocycles. The molecule has 0 fully saturated rings. The van der Waals surface area contributed by atoms with Crippen LogP contribution in [-0.2, 0) is 40.3 Å². The first-order valence-electron chi connectivity index (χ1n) is 10.1. The third-order valence-corrected chi connectivity index (χ3v) is 6.06. The van der Waals surface area contributed by atoms with Crippen LogP contribution in [0.2, 0.25) is 0 Å². The lowest BCUT2D eigenvalue weighted by atomic mass is 10.0. The van der Waals surface area contributed by atoms with Crippen LogP contribution in [0.4, 0.5) is 13.2 Å². The summed E-state index contributed by atoms with van der Waals surface area (Å²) in [6.45, 7) is 0.757. The summed E-state index contributed by atoms with van der Waals surface area (Å²) in [5.74, 6) is -0.0838. The molecular formula is C22H21F3N6O. The molecule has 0 N–H and O–H groups in total. The molecule has 1 aliphatic rings. The Bertz CT molecular complexity index is 1360. The van der Waals surface area contributed by atoms with Crippen molar-refractivity contribution >= 4 is 16.8 Å². The van der Waals surface area contributed by atoms with Crippen LogP contribution < -0.4 is 0 Å². The number of benzene rings is 1. The Morgan fingerprint density at radius 3 is 2.56 bits per heavy atom. The number of carbonyl (C=O) groups excluding carboxylic acids is 1. The molecule has 1 amide bonds. The van der Waals surface area contributed by atoms with E-state index in [2.05, 4.69) is 10.2 Å². The maximum absolute atomic E-state index is 13.3. The molecule has 10 heteroatoms. The first-order valence-corrected chi connectivity index (χ1v) is 10.1. The third kappa shape index (κ3) is 3.09. The molecule has 7 nitrogen and oxygen atoms in total. The first kappa shape index (κ1) is 20.3. The zero-order chi connectivity index (χ0) is 22.8. The lowest BCUT2D eigenvalue weighted by molar-refractivity contribution is -0.141. The van der Waals surface area contributed by atoms with Gasteiger partial charge in [-0.1, -0.05) is 6.07 Å². The van der Waals surface area contributed by atoms with Gasteiger partial charge in [-0.3, -0.25) is 14.2 Å². The van der Waals surface area contributed by atoms with Crippen molar-refractivity contribution in [3.63, 3.8) is 0 Å². The SMILES string of the molecule is Cn1nc(C(F)(F)F)cc1-c1c2c(nn1C)CN(C(=O)c1cccc3c1ccn3C)CC2. The van der Waals surface area contributed by atoms with Gasteiger partial charge in [0.2, 0.25) is 0 Å². The maximum Gasteiger partial charge on any atom is 0.435 e. The Hall–Kier alpha value is -3.56. The minimum absolute atomic E-state index is 0.0838. The fourth-order valence-corrected chi connectivity index (χ4v) is 4.50. The summed E-state index contributed by atoms with van der Waals surface area (Å²) >= 11 is 0. The number of fused-ring (bicyclic) bond motifs is 2. The van der Waals surface area contributed by atoms with E-state index in [9.17, 15) is 18.0 Å². The zero-order valence-electron chi connectivity index (χ0n) is 17.8. The standard InChI is InChI=1S/C22H21F3N6O/c1-28-9-7-13-14(5-4-6-17(13)28)21(32)31-10-8-15-16(12-31)26-30(3)20(15)18-11-19(22(23,24)25)27-29(18)2/h4-7,9,11H,8,10,12H2,1-3H3. The van der Waals surface area contributed by atoms with Gasteiger partial charge in [-0.25, -0.2) is 0 Å². The number of carbonyl (C=O) groups is 1. The van der Waals surface area contributed by atoms with E-state index >= 15 is 0 Å². The highest BCUT2D eigenvalue weighted by molar-refractivity contribution is 6.06. The van der Waals surface area contributed by atoms with E-state index in [1.165, 1.54) is 11.7 Å². The molecule has 3 aromatic heterocycles. The fourth-order valence-electron chi connectivity index (χ4n) is 4.50. The second kappa shape index (κ2) is 6.98. The smallest absolute Gasteiger partial charge is 0.351 e. The van der Waals surface area contributed by atoms with Crippen LogP contribution in [0.1, 0.15) is 27.3 Å². The topological polar surface area (TPSA) is 60.9 Å². The number of halogens is 3. The number of nitrogens with zero attached hydrogens (tertiary/aromatic N) is 6. The summed E-state index contributed by atoms with van der Waals surface area (Å²) in [6, 6.07) is 8.62. The van der Waals surface area contributed by atoms with Gasteiger partial charge in [-0.15, -0.1) is 0 Å². The van der Waals surface area contributed by atoms with Gasteiger partial charge in [-0.05, 0) is 30.7 Å². The summed E-state index contributed by atoms with van der Waals surface area (Å²) in [5, 5.41) is 9.05. The van der Waals surface area contributed by atoms with Crippen LogP contribution in [0.5, 0.6) is 0 Å². The van der Waals surface area contributed by atoms with Gasteiger partial charge in [0, 0.05) is 55.9 Å². The van der Waals surface area contributed by atoms with E-state index in [1.54, 1.807) is 16.6 Å². The quantitative estimate of drug-likeness (QED) is 0.477. The first-order chi connectivity index (χ1) is 15.1. The van der Waals surface area contributed by atoms with E-state index in [4.69, 9.17) is 0 Å². The van der Waals surface area contributed by atoms with Gasteiger partial charge < -0.3 is 9.47 Å². The van der Waals surface area contributed by atoms with Crippen LogP contribution in [0.25, 0.3) is 22.3 Å². The Kier molecular flexibility index (Phi) is 4.44. The summed E-state index contributed by atoms with van der Waals surface area (Å²) in [7, 11) is 5.12. The zero-order valence-corrected chi connectivity index (χ0v) is 17.8. The van der Waals surface area contributed by atoms with Crippen LogP contribution in [0.15, 0.2) is 36.5 Å². The van der Waals surface area contributed by atoms with Gasteiger partial charge in [0.25, 0.3) is 5.91 Å². The molecule has 0 saturated heterocycles. The van der Waals surface area contributed by atoms with E-state index < -0.39 is 11.9 Å². The molecule has 0 aliphatic carbocycles. The lowest BCUT2D eigenvalue weighted by Crippen LogP contribution is -2.36. The van der Waals surface area contributed by atoms with Crippen molar-refractivity contribution in [3.05, 3.63) is 59.0 Å². The molecule has 1 aromatic carbocycles. The molecule has 166 valence electrons. The summed E-state index contributed by atoms with van der Waals surface area (Å²) in [6.07, 6.45) is -2.10. The van der Waals surface area contributed by atoms with Crippen molar-refractivity contribution in [1.82, 2.24) is 29.0 Å². The highest BCUT2D eigenvalue weighted by Gasteiger charge is 2.36. The number of hydrogen-bond donors (Lipinski definition) is 0. The molecular weight excluding hydrogens is 421 g/mol. The van der Waals surface area contributed by atoms with Crippen molar-refractivity contribution in [3.8, 4) is 11.4 Å². The number of rotatable bonds is 2. The Morgan fingerprint density at radius 2 is 1.84 bits per heavy atom. The van der Waals surface area contributed by atoms with E-state index in [-0.39, 0.29) is 5.91 Å². The van der Waals surface area contributed by atoms with Crippen molar-refractivity contribution in [2.45, 2.75) is 19.1 Å². The summed E-state index contributed by atoms with van der Waals surface area (Å²) in [4.78, 5) is 15.0. The van der Waals surface area contributed by atoms with Crippen molar-refractivity contribution < 1.29 is 18.0 Å². The molecule has 0 saturated carbocycles. The molecule has 5 rings (SSSR count). The van der Waals surface area contributed by atoms with Crippen LogP contribution in [0.3, 0.4) is 0 Å². The number of hydrogen-bond acceptors (Lipinski definition) is 3. The van der Waals surface area contributed by atoms with Gasteiger partial charge >= 0.3 is 6.18 Å². The predicted octanol–water partition coefficient (Wildman–Crippen LogP) is 3.53. The highest BCUT2D eigenvalue weighted by Crippen LogP contribution is 2.35. The number of aromatic nitrogens is 5. The molecule has 0 spiro atoms. The predicted molar refractivity (Wildman–Crippen MR) is 112 cm³/mol. The molecule has 0 bridgehead atoms. The normalized spacial score (nSPS) is 14.2. The minimum Gasteiger partial charge on any atom is -0.351 e. The van der Waals surface area contributed by atoms with Crippen molar-refractivity contribution in [1.29, 1.82) is 0 Å². The van der Waals surface area contributed by atoms with Gasteiger partial charge in [0.1, 0.15) is 0 Å². The van der Waals surface area contributed by atoms with E-state index in [0.717, 1.165) is 22.5 Å². The largest absolute Gasteiger partial charge is 0.435 e. The second-order valence-electron chi connectivity index (χ2n) is 8.08. The Morgan fingerprint density at radius 1 is 1.06 bits per heavy atom. The molecule has 32 heavy (non-hydrogen) atoms. The van der Waals surface area contributed by atoms with Gasteiger partial charge in [-0.2, -0.15) is 23.4 Å². The van der Waals surface area contributed by atoms with Crippen molar-refractivity contribution in [2.24, 2.45) is 21.1 Å². The van der Waals surface area contributed by atoms with Crippen LogP contribution in [0, 0.1) is 0 Å². The minimum atomic E-state index is -4.52. The van der Waals surface area contributed by atoms with Gasteiger partial charge in [0.05, 0.1) is 23.6 Å². The number of alkyl halides is 3. The number of aryl methyl sites for hydroxylation is 3. The summed E-state index contributed by atoms with van der Waals surface area (Å²) in [5.41, 5.74) is 3.16. The monoisotopic (exact) mass is 442 g/mol.